The Kier molecular flexibility index (Phi) is 37.4. The summed E-state index contributed by atoms with van der Waals surface area (Å²) in [4.78, 5) is 29.7. The number of aliphatic carboxylic acids is 1. The van der Waals surface area contributed by atoms with Crippen molar-refractivity contribution in [3.8, 4) is 0 Å². The van der Waals surface area contributed by atoms with E-state index in [0.29, 0.717) is 0 Å². The number of rotatable bonds is 4. The van der Waals surface area contributed by atoms with Crippen molar-refractivity contribution in [1.82, 2.24) is 0 Å². The van der Waals surface area contributed by atoms with E-state index >= 15 is 0 Å². The molecule has 0 spiro atoms. The summed E-state index contributed by atoms with van der Waals surface area (Å²) in [6, 6.07) is 0. The first-order chi connectivity index (χ1) is 9.86. The van der Waals surface area contributed by atoms with Gasteiger partial charge in [-0.2, -0.15) is 0 Å². The Balaban J connectivity index is -0.0000000700. The summed E-state index contributed by atoms with van der Waals surface area (Å²) in [5, 5.41) is 27.9. The van der Waals surface area contributed by atoms with Gasteiger partial charge in [0.25, 0.3) is 0 Å². The van der Waals surface area contributed by atoms with E-state index in [1.165, 1.54) is 13.0 Å². The fraction of sp³-hybridized carbons (Fsp3) is 0.667. The maximum atomic E-state index is 10.5. The van der Waals surface area contributed by atoms with Crippen molar-refractivity contribution in [2.24, 2.45) is 0 Å². The van der Waals surface area contributed by atoms with Crippen LogP contribution in [0.5, 0.6) is 0 Å². The molecule has 0 aliphatic carbocycles. The van der Waals surface area contributed by atoms with Gasteiger partial charge in [0.05, 0.1) is 0 Å². The molecule has 0 radical (unpaired) electrons. The molecule has 0 aliphatic rings. The molecule has 132 valence electrons. The van der Waals surface area contributed by atoms with Gasteiger partial charge in [-0.15, -0.1) is 12.2 Å². The minimum atomic E-state index is -1.08. The number of carbonyl (C=O) groups excluding carboxylic acids is 3. The molecular weight excluding hydrogens is 319 g/mol. The normalized spacial score (nSPS) is 7.91. The van der Waals surface area contributed by atoms with Crippen LogP contribution in [0.25, 0.3) is 0 Å². The summed E-state index contributed by atoms with van der Waals surface area (Å²) >= 11 is 0. The van der Waals surface area contributed by atoms with Gasteiger partial charge < -0.3 is 24.9 Å². The van der Waals surface area contributed by atoms with E-state index < -0.39 is 24.1 Å². The Morgan fingerprint density at radius 1 is 1.04 bits per heavy atom. The number of carboxylic acid groups (broad SMARTS) is 1. The maximum absolute atomic E-state index is 10.5. The first kappa shape index (κ1) is 33.4. The number of carboxylic acids is 1. The second kappa shape index (κ2) is 25.7. The summed E-state index contributed by atoms with van der Waals surface area (Å²) in [7, 11) is 0. The minimum Gasteiger partial charge on any atom is -0.852 e. The van der Waals surface area contributed by atoms with Crippen LogP contribution in [0.15, 0.2) is 12.7 Å². The number of carbonyl (C=O) groups is 3. The van der Waals surface area contributed by atoms with Crippen LogP contribution >= 0.6 is 0 Å². The number of ether oxygens (including phenoxy) is 1. The molecule has 7 nitrogen and oxygen atoms in total. The molecule has 0 N–H and O–H groups in total. The number of ketones is 1. The molecule has 0 unspecified atom stereocenters. The quantitative estimate of drug-likeness (QED) is 0.264. The Labute approximate surface area is 149 Å². The van der Waals surface area contributed by atoms with Crippen LogP contribution < -0.4 is 15.3 Å². The second-order valence-corrected chi connectivity index (χ2v) is 4.44. The van der Waals surface area contributed by atoms with Gasteiger partial charge in [-0.1, -0.05) is 40.3 Å². The molecule has 0 amide bonds. The summed E-state index contributed by atoms with van der Waals surface area (Å²) in [5.74, 6) is -1.76. The van der Waals surface area contributed by atoms with E-state index in [2.05, 4.69) is 11.3 Å². The van der Waals surface area contributed by atoms with Gasteiger partial charge in [0.2, 0.25) is 0 Å². The van der Waals surface area contributed by atoms with Crippen LogP contribution in [-0.2, 0) is 19.1 Å². The zero-order valence-electron chi connectivity index (χ0n) is 14.8. The SMILES string of the molecule is C=CCOC(=O)CC(C)=O.CC(=O)[O-].CC(C)[O-].CC(C)[O-].[Al+3]. The average Bonchev–Trinajstić information content (AvgIpc) is 2.22. The van der Waals surface area contributed by atoms with Crippen LogP contribution in [-0.4, -0.2) is 53.9 Å². The fourth-order valence-corrected chi connectivity index (χ4v) is 0.406. The molecule has 0 aromatic rings. The van der Waals surface area contributed by atoms with Crippen molar-refractivity contribution in [2.45, 2.75) is 60.2 Å². The molecule has 8 heteroatoms. The summed E-state index contributed by atoms with van der Waals surface area (Å²) in [6.07, 6.45) is 0.478. The van der Waals surface area contributed by atoms with E-state index in [4.69, 9.17) is 9.90 Å². The molecule has 0 fully saturated rings. The van der Waals surface area contributed by atoms with Crippen LogP contribution in [0.3, 0.4) is 0 Å². The van der Waals surface area contributed by atoms with Crippen molar-refractivity contribution < 1.29 is 34.4 Å². The fourth-order valence-electron chi connectivity index (χ4n) is 0.406. The van der Waals surface area contributed by atoms with Gasteiger partial charge in [0, 0.05) is 5.97 Å². The third-order valence-electron chi connectivity index (χ3n) is 0.755. The van der Waals surface area contributed by atoms with Gasteiger partial charge in [-0.3, -0.25) is 9.59 Å². The molecule has 0 bridgehead atoms. The summed E-state index contributed by atoms with van der Waals surface area (Å²) in [6.45, 7) is 12.3. The van der Waals surface area contributed by atoms with Crippen LogP contribution in [0.2, 0.25) is 0 Å². The molecule has 0 aromatic heterocycles. The Morgan fingerprint density at radius 3 is 1.48 bits per heavy atom. The first-order valence-corrected chi connectivity index (χ1v) is 6.61. The standard InChI is InChI=1S/C7H10O3.2C3H7O.C2H4O2.Al/c1-3-4-10-7(9)5-6(2)8;2*1-3(2)4;1-2(3)4;/h3H,1,4-5H2,2H3;2*3H,1-2H3;1H3,(H,3,4);/q;2*-1;;+3/p-1. The molecule has 0 aliphatic heterocycles. The van der Waals surface area contributed by atoms with E-state index in [0.717, 1.165) is 6.92 Å². The molecule has 0 atom stereocenters. The molecule has 0 rings (SSSR count). The summed E-state index contributed by atoms with van der Waals surface area (Å²) in [5.41, 5.74) is 0. The van der Waals surface area contributed by atoms with Crippen LogP contribution in [0, 0.1) is 0 Å². The van der Waals surface area contributed by atoms with Crippen LogP contribution in [0.1, 0.15) is 48.0 Å². The van der Waals surface area contributed by atoms with Crippen molar-refractivity contribution >= 4 is 35.1 Å². The largest absolute Gasteiger partial charge is 3.00 e. The topological polar surface area (TPSA) is 130 Å². The average molecular weight is 346 g/mol. The Hall–Kier alpha value is -1.20. The van der Waals surface area contributed by atoms with Crippen molar-refractivity contribution in [3.05, 3.63) is 12.7 Å². The third-order valence-corrected chi connectivity index (χ3v) is 0.755. The van der Waals surface area contributed by atoms with E-state index in [1.54, 1.807) is 27.7 Å². The zero-order valence-corrected chi connectivity index (χ0v) is 15.9. The molecule has 0 heterocycles. The van der Waals surface area contributed by atoms with Gasteiger partial charge in [0.1, 0.15) is 18.8 Å². The smallest absolute Gasteiger partial charge is 0.852 e. The van der Waals surface area contributed by atoms with Crippen molar-refractivity contribution in [2.75, 3.05) is 6.61 Å². The number of esters is 1. The Morgan fingerprint density at radius 2 is 1.30 bits per heavy atom. The van der Waals surface area contributed by atoms with Crippen LogP contribution in [0.4, 0.5) is 0 Å². The molecule has 0 saturated heterocycles. The number of hydrogen-bond donors (Lipinski definition) is 0. The molecular formula is C15H27AlO7. The minimum absolute atomic E-state index is 0. The van der Waals surface area contributed by atoms with Gasteiger partial charge in [-0.25, -0.2) is 0 Å². The van der Waals surface area contributed by atoms with Gasteiger partial charge >= 0.3 is 23.3 Å². The first-order valence-electron chi connectivity index (χ1n) is 6.61. The number of Topliss-reactive ketones (excluding diaryl/α,β-unsaturated/α-hetero) is 1. The third kappa shape index (κ3) is 159. The second-order valence-electron chi connectivity index (χ2n) is 4.44. The van der Waals surface area contributed by atoms with E-state index in [1.807, 2.05) is 0 Å². The zero-order chi connectivity index (χ0) is 18.7. The van der Waals surface area contributed by atoms with Crippen molar-refractivity contribution in [1.29, 1.82) is 0 Å². The van der Waals surface area contributed by atoms with Crippen molar-refractivity contribution in [3.63, 3.8) is 0 Å². The van der Waals surface area contributed by atoms with Gasteiger partial charge in [0.15, 0.2) is 0 Å². The molecule has 23 heavy (non-hydrogen) atoms. The van der Waals surface area contributed by atoms with E-state index in [-0.39, 0.29) is 36.2 Å². The monoisotopic (exact) mass is 346 g/mol. The predicted molar refractivity (Wildman–Crippen MR) is 83.2 cm³/mol. The Bertz CT molecular complexity index is 287. The summed E-state index contributed by atoms with van der Waals surface area (Å²) < 4.78 is 4.52. The van der Waals surface area contributed by atoms with E-state index in [9.17, 15) is 19.8 Å². The number of hydrogen-bond acceptors (Lipinski definition) is 7. The predicted octanol–water partition coefficient (Wildman–Crippen LogP) is -1.42. The maximum Gasteiger partial charge on any atom is 3.00 e. The molecule has 0 saturated carbocycles. The van der Waals surface area contributed by atoms with Gasteiger partial charge in [-0.05, 0) is 13.8 Å². The molecule has 0 aromatic carbocycles.